The molecule has 146 valence electrons. The van der Waals surface area contributed by atoms with Crippen LogP contribution in [-0.2, 0) is 17.9 Å². The van der Waals surface area contributed by atoms with Crippen molar-refractivity contribution in [2.45, 2.75) is 20.0 Å². The zero-order chi connectivity index (χ0) is 20.1. The second-order valence-corrected chi connectivity index (χ2v) is 7.53. The van der Waals surface area contributed by atoms with Crippen molar-refractivity contribution in [3.8, 4) is 5.75 Å². The second kappa shape index (κ2) is 8.89. The predicted molar refractivity (Wildman–Crippen MR) is 114 cm³/mol. The van der Waals surface area contributed by atoms with Gasteiger partial charge in [-0.3, -0.25) is 4.79 Å². The summed E-state index contributed by atoms with van der Waals surface area (Å²) in [5, 5.41) is 2.29. The number of nitrogens with zero attached hydrogens (tertiary/aromatic N) is 1. The molecular weight excluding hydrogens is 348 g/mol. The minimum Gasteiger partial charge on any atom is -0.497 e. The van der Waals surface area contributed by atoms with E-state index in [2.05, 4.69) is 56.4 Å². The molecular formula is C24H29N2O2+. The average Bonchev–Trinajstić information content (AvgIpc) is 2.69. The van der Waals surface area contributed by atoms with Gasteiger partial charge in [0, 0.05) is 19.2 Å². The van der Waals surface area contributed by atoms with Gasteiger partial charge < -0.3 is 14.5 Å². The topological polar surface area (TPSA) is 34.0 Å². The Hall–Kier alpha value is -2.85. The molecule has 4 nitrogen and oxygen atoms in total. The number of aryl methyl sites for hydroxylation is 1. The lowest BCUT2D eigenvalue weighted by Crippen LogP contribution is -3.08. The van der Waals surface area contributed by atoms with E-state index < -0.39 is 0 Å². The number of nitrogens with one attached hydrogen (secondary N) is 1. The summed E-state index contributed by atoms with van der Waals surface area (Å²) in [6.45, 7) is 4.06. The standard InChI is InChI=1S/C24H28N2O2/c1-18-7-5-6-8-22(18)16-25(2)17-24(27)26(3)15-19-9-10-21-14-23(28-4)12-11-20(21)13-19/h5-14H,15-17H2,1-4H3/p+1. The van der Waals surface area contributed by atoms with E-state index in [4.69, 9.17) is 4.74 Å². The van der Waals surface area contributed by atoms with Crippen LogP contribution >= 0.6 is 0 Å². The van der Waals surface area contributed by atoms with E-state index in [1.54, 1.807) is 7.11 Å². The molecule has 28 heavy (non-hydrogen) atoms. The minimum atomic E-state index is 0.154. The van der Waals surface area contributed by atoms with E-state index in [0.717, 1.165) is 28.6 Å². The van der Waals surface area contributed by atoms with Crippen LogP contribution in [0.2, 0.25) is 0 Å². The molecule has 1 N–H and O–H groups in total. The van der Waals surface area contributed by atoms with Gasteiger partial charge in [0.05, 0.1) is 14.2 Å². The smallest absolute Gasteiger partial charge is 0.277 e. The van der Waals surface area contributed by atoms with E-state index in [9.17, 15) is 4.79 Å². The van der Waals surface area contributed by atoms with Gasteiger partial charge in [0.2, 0.25) is 0 Å². The first-order valence-corrected chi connectivity index (χ1v) is 9.62. The molecule has 0 fully saturated rings. The molecule has 0 aliphatic heterocycles. The van der Waals surface area contributed by atoms with Crippen LogP contribution in [0.25, 0.3) is 10.8 Å². The van der Waals surface area contributed by atoms with Crippen molar-refractivity contribution in [1.29, 1.82) is 0 Å². The van der Waals surface area contributed by atoms with Gasteiger partial charge in [0.1, 0.15) is 12.3 Å². The molecule has 0 aliphatic carbocycles. The van der Waals surface area contributed by atoms with Crippen molar-refractivity contribution in [2.75, 3.05) is 27.7 Å². The minimum absolute atomic E-state index is 0.154. The Morgan fingerprint density at radius 2 is 1.75 bits per heavy atom. The molecule has 0 saturated heterocycles. The van der Waals surface area contributed by atoms with Crippen LogP contribution in [0.1, 0.15) is 16.7 Å². The fourth-order valence-electron chi connectivity index (χ4n) is 3.45. The third-order valence-corrected chi connectivity index (χ3v) is 5.16. The molecule has 3 aromatic carbocycles. The summed E-state index contributed by atoms with van der Waals surface area (Å²) in [7, 11) is 5.62. The quantitative estimate of drug-likeness (QED) is 0.687. The molecule has 3 rings (SSSR count). The molecule has 1 unspecified atom stereocenters. The lowest BCUT2D eigenvalue weighted by atomic mass is 10.1. The summed E-state index contributed by atoms with van der Waals surface area (Å²) < 4.78 is 5.28. The zero-order valence-corrected chi connectivity index (χ0v) is 17.2. The predicted octanol–water partition coefficient (Wildman–Crippen LogP) is 2.83. The number of hydrogen-bond acceptors (Lipinski definition) is 2. The fourth-order valence-corrected chi connectivity index (χ4v) is 3.45. The number of methoxy groups -OCH3 is 1. The summed E-state index contributed by atoms with van der Waals surface area (Å²) >= 11 is 0. The summed E-state index contributed by atoms with van der Waals surface area (Å²) in [6.07, 6.45) is 0. The van der Waals surface area contributed by atoms with E-state index in [1.165, 1.54) is 16.0 Å². The number of carbonyl (C=O) groups excluding carboxylic acids is 1. The number of fused-ring (bicyclic) bond motifs is 1. The Bertz CT molecular complexity index is 968. The summed E-state index contributed by atoms with van der Waals surface area (Å²) in [5.41, 5.74) is 3.70. The molecule has 4 heteroatoms. The van der Waals surface area contributed by atoms with Crippen molar-refractivity contribution in [2.24, 2.45) is 0 Å². The Morgan fingerprint density at radius 1 is 1.04 bits per heavy atom. The Labute approximate surface area is 167 Å². The van der Waals surface area contributed by atoms with Crippen LogP contribution < -0.4 is 9.64 Å². The van der Waals surface area contributed by atoms with Crippen LogP contribution in [-0.4, -0.2) is 38.6 Å². The van der Waals surface area contributed by atoms with Gasteiger partial charge in [0.15, 0.2) is 6.54 Å². The number of ether oxygens (including phenoxy) is 1. The van der Waals surface area contributed by atoms with Crippen molar-refractivity contribution in [1.82, 2.24) is 4.90 Å². The maximum absolute atomic E-state index is 12.7. The lowest BCUT2D eigenvalue weighted by molar-refractivity contribution is -0.885. The molecule has 1 atom stereocenters. The van der Waals surface area contributed by atoms with Gasteiger partial charge >= 0.3 is 0 Å². The molecule has 0 aliphatic rings. The molecule has 0 radical (unpaired) electrons. The van der Waals surface area contributed by atoms with Gasteiger partial charge in [-0.2, -0.15) is 0 Å². The first-order chi connectivity index (χ1) is 13.5. The highest BCUT2D eigenvalue weighted by atomic mass is 16.5. The maximum Gasteiger partial charge on any atom is 0.277 e. The Balaban J connectivity index is 1.60. The largest absolute Gasteiger partial charge is 0.497 e. The fraction of sp³-hybridized carbons (Fsp3) is 0.292. The zero-order valence-electron chi connectivity index (χ0n) is 17.2. The van der Waals surface area contributed by atoms with Crippen LogP contribution in [0, 0.1) is 6.92 Å². The van der Waals surface area contributed by atoms with E-state index in [-0.39, 0.29) is 5.91 Å². The number of quaternary nitrogens is 1. The van der Waals surface area contributed by atoms with Gasteiger partial charge in [-0.1, -0.05) is 42.5 Å². The van der Waals surface area contributed by atoms with Crippen LogP contribution in [0.15, 0.2) is 60.7 Å². The summed E-state index contributed by atoms with van der Waals surface area (Å²) in [6, 6.07) is 20.7. The number of hydrogen-bond donors (Lipinski definition) is 1. The van der Waals surface area contributed by atoms with Crippen LogP contribution in [0.3, 0.4) is 0 Å². The van der Waals surface area contributed by atoms with Gasteiger partial charge in [-0.05, 0) is 47.0 Å². The number of carbonyl (C=O) groups is 1. The van der Waals surface area contributed by atoms with Crippen molar-refractivity contribution in [3.63, 3.8) is 0 Å². The van der Waals surface area contributed by atoms with E-state index in [1.807, 2.05) is 30.1 Å². The summed E-state index contributed by atoms with van der Waals surface area (Å²) in [4.78, 5) is 15.7. The van der Waals surface area contributed by atoms with Gasteiger partial charge in [-0.25, -0.2) is 0 Å². The van der Waals surface area contributed by atoms with E-state index in [0.29, 0.717) is 13.1 Å². The van der Waals surface area contributed by atoms with Crippen molar-refractivity contribution in [3.05, 3.63) is 77.4 Å². The highest BCUT2D eigenvalue weighted by Gasteiger charge is 2.16. The van der Waals surface area contributed by atoms with Gasteiger partial charge in [-0.15, -0.1) is 0 Å². The number of rotatable bonds is 7. The molecule has 0 saturated carbocycles. The lowest BCUT2D eigenvalue weighted by Gasteiger charge is -2.21. The molecule has 0 aromatic heterocycles. The highest BCUT2D eigenvalue weighted by molar-refractivity contribution is 5.84. The third-order valence-electron chi connectivity index (χ3n) is 5.16. The first-order valence-electron chi connectivity index (χ1n) is 9.62. The average molecular weight is 378 g/mol. The summed E-state index contributed by atoms with van der Waals surface area (Å²) in [5.74, 6) is 1.01. The number of likely N-dealkylation sites (N-methyl/N-ethyl adjacent to an activating group) is 2. The molecule has 0 spiro atoms. The highest BCUT2D eigenvalue weighted by Crippen LogP contribution is 2.22. The third kappa shape index (κ3) is 4.90. The van der Waals surface area contributed by atoms with Crippen LogP contribution in [0.4, 0.5) is 0 Å². The number of benzene rings is 3. The SMILES string of the molecule is COc1ccc2cc(CN(C)C(=O)C[NH+](C)Cc3ccccc3C)ccc2c1. The van der Waals surface area contributed by atoms with Crippen molar-refractivity contribution < 1.29 is 14.4 Å². The van der Waals surface area contributed by atoms with Crippen LogP contribution in [0.5, 0.6) is 5.75 Å². The maximum atomic E-state index is 12.7. The monoisotopic (exact) mass is 377 g/mol. The Kier molecular flexibility index (Phi) is 6.32. The van der Waals surface area contributed by atoms with Crippen molar-refractivity contribution >= 4 is 16.7 Å². The van der Waals surface area contributed by atoms with Gasteiger partial charge in [0.25, 0.3) is 5.91 Å². The first kappa shape index (κ1) is 19.9. The second-order valence-electron chi connectivity index (χ2n) is 7.53. The van der Waals surface area contributed by atoms with E-state index >= 15 is 0 Å². The molecule has 3 aromatic rings. The molecule has 0 bridgehead atoms. The Morgan fingerprint density at radius 3 is 2.50 bits per heavy atom. The number of amides is 1. The molecule has 0 heterocycles. The normalized spacial score (nSPS) is 12.0. The molecule has 1 amide bonds.